The summed E-state index contributed by atoms with van der Waals surface area (Å²) in [5, 5.41) is 17.5. The van der Waals surface area contributed by atoms with Crippen LogP contribution in [0, 0.1) is 24.4 Å². The zero-order valence-electron chi connectivity index (χ0n) is 16.2. The molecule has 0 saturated carbocycles. The SMILES string of the molecule is Cc1nc2ccc(F)cc2cc1-c1nnc(Sc2c(F)cc(C(=O)NO)cc2F)n1C. The van der Waals surface area contributed by atoms with Crippen molar-refractivity contribution in [1.82, 2.24) is 25.2 Å². The molecule has 4 aromatic rings. The summed E-state index contributed by atoms with van der Waals surface area (Å²) in [6.07, 6.45) is 0. The smallest absolute Gasteiger partial charge is 0.274 e. The molecule has 0 bridgehead atoms. The number of nitrogens with zero attached hydrogens (tertiary/aromatic N) is 4. The highest BCUT2D eigenvalue weighted by Gasteiger charge is 2.21. The molecule has 0 fully saturated rings. The van der Waals surface area contributed by atoms with Crippen molar-refractivity contribution in [3.63, 3.8) is 0 Å². The van der Waals surface area contributed by atoms with Gasteiger partial charge in [0.25, 0.3) is 5.91 Å². The molecule has 0 aliphatic rings. The molecule has 2 heterocycles. The van der Waals surface area contributed by atoms with Crippen LogP contribution in [0.1, 0.15) is 16.1 Å². The lowest BCUT2D eigenvalue weighted by atomic mass is 10.1. The second-order valence-corrected chi connectivity index (χ2v) is 7.61. The first-order chi connectivity index (χ1) is 14.8. The number of hydroxylamine groups is 1. The molecule has 4 rings (SSSR count). The molecule has 11 heteroatoms. The van der Waals surface area contributed by atoms with E-state index in [2.05, 4.69) is 15.2 Å². The lowest BCUT2D eigenvalue weighted by Crippen LogP contribution is -2.19. The first-order valence-electron chi connectivity index (χ1n) is 8.86. The van der Waals surface area contributed by atoms with Crippen LogP contribution in [-0.2, 0) is 7.05 Å². The van der Waals surface area contributed by atoms with Crippen LogP contribution in [0.5, 0.6) is 0 Å². The molecule has 2 aromatic heterocycles. The summed E-state index contributed by atoms with van der Waals surface area (Å²) < 4.78 is 43.9. The highest BCUT2D eigenvalue weighted by molar-refractivity contribution is 7.99. The van der Waals surface area contributed by atoms with Crippen molar-refractivity contribution in [3.8, 4) is 11.4 Å². The fourth-order valence-corrected chi connectivity index (χ4v) is 3.85. The monoisotopic (exact) mass is 445 g/mol. The van der Waals surface area contributed by atoms with E-state index in [4.69, 9.17) is 5.21 Å². The van der Waals surface area contributed by atoms with Gasteiger partial charge in [0.15, 0.2) is 11.0 Å². The van der Waals surface area contributed by atoms with Gasteiger partial charge in [0.2, 0.25) is 0 Å². The van der Waals surface area contributed by atoms with Crippen molar-refractivity contribution in [2.45, 2.75) is 17.0 Å². The number of carbonyl (C=O) groups excluding carboxylic acids is 1. The maximum absolute atomic E-state index is 14.4. The van der Waals surface area contributed by atoms with Crippen LogP contribution in [-0.4, -0.2) is 30.9 Å². The average Bonchev–Trinajstić information content (AvgIpc) is 3.09. The van der Waals surface area contributed by atoms with Crippen LogP contribution in [0.25, 0.3) is 22.3 Å². The summed E-state index contributed by atoms with van der Waals surface area (Å²) in [5.74, 6) is -3.04. The molecule has 0 atom stereocenters. The molecule has 0 aliphatic carbocycles. The van der Waals surface area contributed by atoms with Crippen molar-refractivity contribution in [3.05, 3.63) is 65.1 Å². The maximum atomic E-state index is 14.4. The Balaban J connectivity index is 1.72. The fraction of sp³-hybridized carbons (Fsp3) is 0.100. The van der Waals surface area contributed by atoms with Crippen molar-refractivity contribution >= 4 is 28.6 Å². The Hall–Kier alpha value is -3.44. The zero-order valence-corrected chi connectivity index (χ0v) is 17.0. The summed E-state index contributed by atoms with van der Waals surface area (Å²) in [6.45, 7) is 1.77. The molecular formula is C20H14F3N5O2S. The zero-order chi connectivity index (χ0) is 22.3. The van der Waals surface area contributed by atoms with E-state index in [1.807, 2.05) is 0 Å². The minimum Gasteiger partial charge on any atom is -0.305 e. The molecule has 0 saturated heterocycles. The van der Waals surface area contributed by atoms with Crippen molar-refractivity contribution in [1.29, 1.82) is 0 Å². The second-order valence-electron chi connectivity index (χ2n) is 6.64. The molecule has 31 heavy (non-hydrogen) atoms. The van der Waals surface area contributed by atoms with Crippen LogP contribution in [0.2, 0.25) is 0 Å². The van der Waals surface area contributed by atoms with Crippen LogP contribution in [0.15, 0.2) is 46.5 Å². The third-order valence-electron chi connectivity index (χ3n) is 4.60. The molecule has 0 spiro atoms. The van der Waals surface area contributed by atoms with Crippen LogP contribution in [0.4, 0.5) is 13.2 Å². The Kier molecular flexibility index (Phi) is 5.38. The van der Waals surface area contributed by atoms with Gasteiger partial charge in [-0.25, -0.2) is 18.7 Å². The van der Waals surface area contributed by atoms with E-state index in [9.17, 15) is 18.0 Å². The lowest BCUT2D eigenvalue weighted by molar-refractivity contribution is 0.0705. The second kappa shape index (κ2) is 8.00. The van der Waals surface area contributed by atoms with Crippen LogP contribution < -0.4 is 5.48 Å². The Morgan fingerprint density at radius 2 is 1.81 bits per heavy atom. The largest absolute Gasteiger partial charge is 0.305 e. The number of carbonyl (C=O) groups is 1. The Labute approximate surface area is 177 Å². The standard InChI is InChI=1S/C20H14F3N5O2S/c1-9-13(6-10-5-12(21)3-4-16(10)24-9)18-25-26-20(28(18)2)31-17-14(22)7-11(8-15(17)23)19(29)27-30/h3-8,30H,1-2H3,(H,27,29). The third-order valence-corrected chi connectivity index (χ3v) is 5.73. The topological polar surface area (TPSA) is 92.9 Å². The Morgan fingerprint density at radius 1 is 1.10 bits per heavy atom. The molecule has 0 unspecified atom stereocenters. The van der Waals surface area contributed by atoms with Gasteiger partial charge in [-0.2, -0.15) is 0 Å². The number of aryl methyl sites for hydroxylation is 1. The van der Waals surface area contributed by atoms with Gasteiger partial charge in [-0.05, 0) is 55.1 Å². The highest BCUT2D eigenvalue weighted by Crippen LogP contribution is 2.34. The molecule has 2 aromatic carbocycles. The first-order valence-corrected chi connectivity index (χ1v) is 9.68. The molecule has 158 valence electrons. The molecular weight excluding hydrogens is 431 g/mol. The predicted molar refractivity (Wildman–Crippen MR) is 106 cm³/mol. The number of halogens is 3. The van der Waals surface area contributed by atoms with E-state index in [0.29, 0.717) is 39.7 Å². The van der Waals surface area contributed by atoms with E-state index in [0.717, 1.165) is 12.1 Å². The number of nitrogens with one attached hydrogen (secondary N) is 1. The quantitative estimate of drug-likeness (QED) is 0.364. The van der Waals surface area contributed by atoms with Gasteiger partial charge < -0.3 is 4.57 Å². The summed E-state index contributed by atoms with van der Waals surface area (Å²) in [4.78, 5) is 15.5. The van der Waals surface area contributed by atoms with Gasteiger partial charge in [-0.3, -0.25) is 15.0 Å². The number of benzene rings is 2. The van der Waals surface area contributed by atoms with E-state index in [1.165, 1.54) is 22.2 Å². The van der Waals surface area contributed by atoms with E-state index < -0.39 is 23.4 Å². The van der Waals surface area contributed by atoms with Gasteiger partial charge >= 0.3 is 0 Å². The van der Waals surface area contributed by atoms with Gasteiger partial charge in [0.1, 0.15) is 17.5 Å². The summed E-state index contributed by atoms with van der Waals surface area (Å²) in [5.41, 5.74) is 2.79. The number of hydrogen-bond donors (Lipinski definition) is 2. The molecule has 2 N–H and O–H groups in total. The minimum absolute atomic E-state index is 0.186. The third kappa shape index (κ3) is 3.84. The van der Waals surface area contributed by atoms with E-state index >= 15 is 0 Å². The van der Waals surface area contributed by atoms with Gasteiger partial charge in [-0.15, -0.1) is 10.2 Å². The number of rotatable bonds is 4. The van der Waals surface area contributed by atoms with Crippen molar-refractivity contribution < 1.29 is 23.2 Å². The molecule has 0 radical (unpaired) electrons. The van der Waals surface area contributed by atoms with Crippen molar-refractivity contribution in [2.75, 3.05) is 0 Å². The van der Waals surface area contributed by atoms with Gasteiger partial charge in [-0.1, -0.05) is 0 Å². The highest BCUT2D eigenvalue weighted by atomic mass is 32.2. The van der Waals surface area contributed by atoms with E-state index in [1.54, 1.807) is 26.1 Å². The van der Waals surface area contributed by atoms with Crippen LogP contribution in [0.3, 0.4) is 0 Å². The van der Waals surface area contributed by atoms with Gasteiger partial charge in [0.05, 0.1) is 10.4 Å². The number of fused-ring (bicyclic) bond motifs is 1. The Bertz CT molecular complexity index is 1320. The minimum atomic E-state index is -1.04. The van der Waals surface area contributed by atoms with Gasteiger partial charge in [0, 0.05) is 29.3 Å². The number of hydrogen-bond acceptors (Lipinski definition) is 6. The first kappa shape index (κ1) is 20.8. The summed E-state index contributed by atoms with van der Waals surface area (Å²) in [7, 11) is 1.62. The molecule has 7 nitrogen and oxygen atoms in total. The summed E-state index contributed by atoms with van der Waals surface area (Å²) in [6, 6.07) is 7.59. The number of amides is 1. The molecule has 1 amide bonds. The van der Waals surface area contributed by atoms with Crippen molar-refractivity contribution in [2.24, 2.45) is 7.05 Å². The fourth-order valence-electron chi connectivity index (χ4n) is 3.05. The Morgan fingerprint density at radius 3 is 2.48 bits per heavy atom. The number of pyridine rings is 1. The van der Waals surface area contributed by atoms with Crippen LogP contribution >= 0.6 is 11.8 Å². The van der Waals surface area contributed by atoms with E-state index in [-0.39, 0.29) is 15.6 Å². The normalized spacial score (nSPS) is 11.2. The predicted octanol–water partition coefficient (Wildman–Crippen LogP) is 4.03. The average molecular weight is 445 g/mol. The summed E-state index contributed by atoms with van der Waals surface area (Å²) >= 11 is 0.688. The molecule has 0 aliphatic heterocycles. The number of aromatic nitrogens is 4. The maximum Gasteiger partial charge on any atom is 0.274 e. The lowest BCUT2D eigenvalue weighted by Gasteiger charge is -2.09.